The first kappa shape index (κ1) is 25.6. The highest BCUT2D eigenvalue weighted by atomic mass is 16.4. The molecule has 1 aliphatic heterocycles. The molecular formula is C21H28N4O8. The predicted octanol–water partition coefficient (Wildman–Crippen LogP) is -1.20. The van der Waals surface area contributed by atoms with E-state index in [4.69, 9.17) is 10.8 Å². The molecule has 4 atom stereocenters. The Hall–Kier alpha value is -3.67. The Morgan fingerprint density at radius 2 is 1.76 bits per heavy atom. The van der Waals surface area contributed by atoms with Gasteiger partial charge >= 0.3 is 11.9 Å². The molecule has 12 nitrogen and oxygen atoms in total. The molecule has 180 valence electrons. The quantitative estimate of drug-likeness (QED) is 0.246. The fourth-order valence-electron chi connectivity index (χ4n) is 3.53. The molecule has 1 heterocycles. The molecule has 4 unspecified atom stereocenters. The number of nitrogens with two attached hydrogens (primary N) is 1. The summed E-state index contributed by atoms with van der Waals surface area (Å²) in [6.45, 7) is 1.61. The standard InChI is InChI=1S/C21H28N4O8/c1-11(18(29)24-15(21(32)33)9-12-4-6-13(26)7-5-12)23-19(30)16-3-2-8-25(16)20(31)14(22)10-17(27)28/h4-7,11,14-16,26H,2-3,8-10,22H2,1H3,(H,23,30)(H,24,29)(H,27,28)(H,32,33). The number of carbonyl (C=O) groups is 5. The van der Waals surface area contributed by atoms with E-state index in [-0.39, 0.29) is 18.7 Å². The molecule has 7 N–H and O–H groups in total. The van der Waals surface area contributed by atoms with Crippen molar-refractivity contribution >= 4 is 29.7 Å². The van der Waals surface area contributed by atoms with E-state index in [0.29, 0.717) is 18.4 Å². The van der Waals surface area contributed by atoms with E-state index in [0.717, 1.165) is 0 Å². The van der Waals surface area contributed by atoms with Crippen LogP contribution in [-0.2, 0) is 30.4 Å². The lowest BCUT2D eigenvalue weighted by Crippen LogP contribution is -2.56. The van der Waals surface area contributed by atoms with Crippen LogP contribution in [0.3, 0.4) is 0 Å². The van der Waals surface area contributed by atoms with E-state index >= 15 is 0 Å². The molecule has 12 heteroatoms. The molecule has 3 amide bonds. The third-order valence-electron chi connectivity index (χ3n) is 5.29. The van der Waals surface area contributed by atoms with Crippen molar-refractivity contribution in [1.82, 2.24) is 15.5 Å². The summed E-state index contributed by atoms with van der Waals surface area (Å²) in [4.78, 5) is 61.2. The minimum absolute atomic E-state index is 0.0225. The average molecular weight is 464 g/mol. The Balaban J connectivity index is 1.97. The van der Waals surface area contributed by atoms with Crippen molar-refractivity contribution < 1.29 is 39.3 Å². The Bertz CT molecular complexity index is 904. The van der Waals surface area contributed by atoms with Gasteiger partial charge in [0.2, 0.25) is 17.7 Å². The van der Waals surface area contributed by atoms with Gasteiger partial charge in [-0.15, -0.1) is 0 Å². The van der Waals surface area contributed by atoms with Crippen LogP contribution < -0.4 is 16.4 Å². The van der Waals surface area contributed by atoms with E-state index in [1.807, 2.05) is 0 Å². The van der Waals surface area contributed by atoms with Crippen LogP contribution in [0.4, 0.5) is 0 Å². The molecule has 33 heavy (non-hydrogen) atoms. The number of carboxylic acid groups (broad SMARTS) is 2. The molecule has 2 rings (SSSR count). The number of phenols is 1. The van der Waals surface area contributed by atoms with Crippen molar-refractivity contribution in [3.63, 3.8) is 0 Å². The van der Waals surface area contributed by atoms with Gasteiger partial charge in [0.15, 0.2) is 0 Å². The van der Waals surface area contributed by atoms with E-state index in [1.165, 1.54) is 36.1 Å². The number of carboxylic acids is 2. The van der Waals surface area contributed by atoms with E-state index < -0.39 is 60.2 Å². The maximum atomic E-state index is 12.7. The van der Waals surface area contributed by atoms with Gasteiger partial charge in [-0.1, -0.05) is 12.1 Å². The first-order valence-corrected chi connectivity index (χ1v) is 10.4. The fraction of sp³-hybridized carbons (Fsp3) is 0.476. The number of aromatic hydroxyl groups is 1. The third kappa shape index (κ3) is 7.17. The van der Waals surface area contributed by atoms with Crippen molar-refractivity contribution in [3.05, 3.63) is 29.8 Å². The van der Waals surface area contributed by atoms with Gasteiger partial charge < -0.3 is 36.6 Å². The van der Waals surface area contributed by atoms with Crippen molar-refractivity contribution in [2.45, 2.75) is 56.8 Å². The zero-order valence-electron chi connectivity index (χ0n) is 18.1. The van der Waals surface area contributed by atoms with Crippen LogP contribution in [0.5, 0.6) is 5.75 Å². The number of hydrogen-bond acceptors (Lipinski definition) is 7. The van der Waals surface area contributed by atoms with Crippen molar-refractivity contribution in [2.24, 2.45) is 5.73 Å². The number of amides is 3. The second-order valence-electron chi connectivity index (χ2n) is 7.89. The molecule has 1 saturated heterocycles. The van der Waals surface area contributed by atoms with Crippen LogP contribution >= 0.6 is 0 Å². The van der Waals surface area contributed by atoms with Gasteiger partial charge in [-0.3, -0.25) is 19.2 Å². The number of carbonyl (C=O) groups excluding carboxylic acids is 3. The Labute approximate surface area is 189 Å². The summed E-state index contributed by atoms with van der Waals surface area (Å²) >= 11 is 0. The third-order valence-corrected chi connectivity index (χ3v) is 5.29. The average Bonchev–Trinajstić information content (AvgIpc) is 3.23. The van der Waals surface area contributed by atoms with Gasteiger partial charge in [-0.2, -0.15) is 0 Å². The van der Waals surface area contributed by atoms with Crippen LogP contribution in [0.1, 0.15) is 31.7 Å². The van der Waals surface area contributed by atoms with Crippen LogP contribution in [0.2, 0.25) is 0 Å². The van der Waals surface area contributed by atoms with E-state index in [1.54, 1.807) is 0 Å². The summed E-state index contributed by atoms with van der Waals surface area (Å²) in [5.74, 6) is -4.48. The van der Waals surface area contributed by atoms with Gasteiger partial charge in [-0.05, 0) is 37.5 Å². The molecule has 1 aliphatic rings. The molecular weight excluding hydrogens is 436 g/mol. The smallest absolute Gasteiger partial charge is 0.326 e. The number of nitrogens with zero attached hydrogens (tertiary/aromatic N) is 1. The number of likely N-dealkylation sites (tertiary alicyclic amines) is 1. The molecule has 1 fully saturated rings. The van der Waals surface area contributed by atoms with Crippen molar-refractivity contribution in [3.8, 4) is 5.75 Å². The van der Waals surface area contributed by atoms with Gasteiger partial charge in [0.25, 0.3) is 0 Å². The van der Waals surface area contributed by atoms with Crippen molar-refractivity contribution in [1.29, 1.82) is 0 Å². The topological polar surface area (TPSA) is 199 Å². The SMILES string of the molecule is CC(NC(=O)C1CCCN1C(=O)C(N)CC(=O)O)C(=O)NC(Cc1ccc(O)cc1)C(=O)O. The van der Waals surface area contributed by atoms with Gasteiger partial charge in [-0.25, -0.2) is 4.79 Å². The normalized spacial score (nSPS) is 18.1. The van der Waals surface area contributed by atoms with Crippen molar-refractivity contribution in [2.75, 3.05) is 6.54 Å². The zero-order valence-corrected chi connectivity index (χ0v) is 18.1. The Morgan fingerprint density at radius 3 is 2.33 bits per heavy atom. The first-order valence-electron chi connectivity index (χ1n) is 10.4. The molecule has 0 aliphatic carbocycles. The maximum absolute atomic E-state index is 12.7. The minimum Gasteiger partial charge on any atom is -0.508 e. The monoisotopic (exact) mass is 464 g/mol. The largest absolute Gasteiger partial charge is 0.508 e. The number of nitrogens with one attached hydrogen (secondary N) is 2. The molecule has 0 spiro atoms. The number of rotatable bonds is 10. The van der Waals surface area contributed by atoms with E-state index in [9.17, 15) is 34.2 Å². The number of hydrogen-bond donors (Lipinski definition) is 6. The highest BCUT2D eigenvalue weighted by molar-refractivity contribution is 5.95. The Kier molecular flexibility index (Phi) is 8.74. The summed E-state index contributed by atoms with van der Waals surface area (Å²) in [6, 6.07) is 1.32. The molecule has 0 aromatic heterocycles. The maximum Gasteiger partial charge on any atom is 0.326 e. The summed E-state index contributed by atoms with van der Waals surface area (Å²) < 4.78 is 0. The van der Waals surface area contributed by atoms with Gasteiger partial charge in [0.05, 0.1) is 12.5 Å². The Morgan fingerprint density at radius 1 is 1.12 bits per heavy atom. The molecule has 0 bridgehead atoms. The van der Waals surface area contributed by atoms with Crippen LogP contribution in [0.15, 0.2) is 24.3 Å². The van der Waals surface area contributed by atoms with Crippen LogP contribution in [-0.4, -0.2) is 80.6 Å². The zero-order chi connectivity index (χ0) is 24.7. The fourth-order valence-corrected chi connectivity index (χ4v) is 3.53. The molecule has 0 radical (unpaired) electrons. The number of aliphatic carboxylic acids is 2. The first-order chi connectivity index (χ1) is 15.5. The molecule has 0 saturated carbocycles. The minimum atomic E-state index is -1.28. The lowest BCUT2D eigenvalue weighted by atomic mass is 10.1. The van der Waals surface area contributed by atoms with Crippen LogP contribution in [0, 0.1) is 0 Å². The molecule has 1 aromatic carbocycles. The van der Waals surface area contributed by atoms with Gasteiger partial charge in [0.1, 0.15) is 23.9 Å². The van der Waals surface area contributed by atoms with Crippen LogP contribution in [0.25, 0.3) is 0 Å². The predicted molar refractivity (Wildman–Crippen MR) is 114 cm³/mol. The summed E-state index contributed by atoms with van der Waals surface area (Å²) in [6.07, 6.45) is 0.233. The van der Waals surface area contributed by atoms with E-state index in [2.05, 4.69) is 10.6 Å². The lowest BCUT2D eigenvalue weighted by Gasteiger charge is -2.27. The molecule has 1 aromatic rings. The number of benzene rings is 1. The summed E-state index contributed by atoms with van der Waals surface area (Å²) in [5.41, 5.74) is 6.21. The summed E-state index contributed by atoms with van der Waals surface area (Å²) in [7, 11) is 0. The second kappa shape index (κ2) is 11.3. The van der Waals surface area contributed by atoms with Gasteiger partial charge in [0, 0.05) is 13.0 Å². The highest BCUT2D eigenvalue weighted by Crippen LogP contribution is 2.19. The highest BCUT2D eigenvalue weighted by Gasteiger charge is 2.37. The summed E-state index contributed by atoms with van der Waals surface area (Å²) in [5, 5.41) is 32.4. The second-order valence-corrected chi connectivity index (χ2v) is 7.89. The lowest BCUT2D eigenvalue weighted by molar-refractivity contribution is -0.144. The number of phenolic OH excluding ortho intramolecular Hbond substituents is 1.